The molecule has 130 valence electrons. The van der Waals surface area contributed by atoms with Gasteiger partial charge in [-0.1, -0.05) is 0 Å². The van der Waals surface area contributed by atoms with Crippen molar-refractivity contribution in [2.75, 3.05) is 6.54 Å². The van der Waals surface area contributed by atoms with Crippen LogP contribution in [0.4, 0.5) is 13.2 Å². The first-order valence-electron chi connectivity index (χ1n) is 7.35. The fourth-order valence-electron chi connectivity index (χ4n) is 2.33. The second-order valence-electron chi connectivity index (χ2n) is 5.31. The van der Waals surface area contributed by atoms with Gasteiger partial charge in [0, 0.05) is 35.3 Å². The predicted octanol–water partition coefficient (Wildman–Crippen LogP) is 2.17. The van der Waals surface area contributed by atoms with Gasteiger partial charge >= 0.3 is 6.18 Å². The minimum absolute atomic E-state index is 0.0295. The molecule has 3 rings (SSSR count). The van der Waals surface area contributed by atoms with Crippen molar-refractivity contribution < 1.29 is 18.0 Å². The number of fused-ring (bicyclic) bond motifs is 1. The fourth-order valence-corrected chi connectivity index (χ4v) is 2.33. The van der Waals surface area contributed by atoms with E-state index in [1.54, 1.807) is 24.4 Å². The van der Waals surface area contributed by atoms with Crippen LogP contribution >= 0.6 is 0 Å². The van der Waals surface area contributed by atoms with Gasteiger partial charge in [-0.25, -0.2) is 4.68 Å². The normalized spacial score (nSPS) is 11.6. The summed E-state index contributed by atoms with van der Waals surface area (Å²) >= 11 is 0. The molecule has 0 aliphatic rings. The third kappa shape index (κ3) is 3.70. The smallest absolute Gasteiger partial charge is 0.361 e. The standard InChI is InChI=1S/C16H13F3N4O2/c17-16(18,19)13-3-4-14(24)23(22-13)8-7-21-15(25)11-1-2-12-10(9-11)5-6-20-12/h1-6,9,20H,7-8H2,(H,21,25). The lowest BCUT2D eigenvalue weighted by Gasteiger charge is -2.10. The number of benzene rings is 1. The quantitative estimate of drug-likeness (QED) is 0.757. The number of nitrogens with zero attached hydrogens (tertiary/aromatic N) is 2. The molecule has 0 fully saturated rings. The summed E-state index contributed by atoms with van der Waals surface area (Å²) in [4.78, 5) is 26.7. The Hall–Kier alpha value is -3.10. The van der Waals surface area contributed by atoms with Crippen molar-refractivity contribution in [2.45, 2.75) is 12.7 Å². The lowest BCUT2D eigenvalue weighted by Crippen LogP contribution is -2.32. The van der Waals surface area contributed by atoms with E-state index in [1.165, 1.54) is 0 Å². The number of nitrogens with one attached hydrogen (secondary N) is 2. The molecular weight excluding hydrogens is 337 g/mol. The van der Waals surface area contributed by atoms with E-state index in [2.05, 4.69) is 15.4 Å². The minimum Gasteiger partial charge on any atom is -0.361 e. The Morgan fingerprint density at radius 1 is 1.20 bits per heavy atom. The Bertz CT molecular complexity index is 975. The number of amides is 1. The van der Waals surface area contributed by atoms with E-state index in [-0.39, 0.29) is 19.0 Å². The molecule has 0 bridgehead atoms. The van der Waals surface area contributed by atoms with E-state index in [0.29, 0.717) is 16.3 Å². The number of H-pyrrole nitrogens is 1. The van der Waals surface area contributed by atoms with Crippen LogP contribution in [-0.4, -0.2) is 27.2 Å². The summed E-state index contributed by atoms with van der Waals surface area (Å²) in [5.74, 6) is -0.386. The van der Waals surface area contributed by atoms with E-state index in [1.807, 2.05) is 6.07 Å². The van der Waals surface area contributed by atoms with Gasteiger partial charge in [0.25, 0.3) is 11.5 Å². The van der Waals surface area contributed by atoms with Crippen molar-refractivity contribution in [1.29, 1.82) is 0 Å². The molecule has 3 aromatic rings. The monoisotopic (exact) mass is 350 g/mol. The van der Waals surface area contributed by atoms with Crippen LogP contribution in [0.3, 0.4) is 0 Å². The summed E-state index contributed by atoms with van der Waals surface area (Å²) in [7, 11) is 0. The average Bonchev–Trinajstić information content (AvgIpc) is 3.03. The number of hydrogen-bond donors (Lipinski definition) is 2. The van der Waals surface area contributed by atoms with Crippen molar-refractivity contribution in [3.8, 4) is 0 Å². The fraction of sp³-hybridized carbons (Fsp3) is 0.188. The zero-order chi connectivity index (χ0) is 18.0. The number of carbonyl (C=O) groups excluding carboxylic acids is 1. The average molecular weight is 350 g/mol. The van der Waals surface area contributed by atoms with Crippen LogP contribution in [0.25, 0.3) is 10.9 Å². The van der Waals surface area contributed by atoms with Gasteiger partial charge in [-0.15, -0.1) is 0 Å². The number of rotatable bonds is 4. The van der Waals surface area contributed by atoms with E-state index < -0.39 is 17.4 Å². The third-order valence-electron chi connectivity index (χ3n) is 3.58. The first-order valence-corrected chi connectivity index (χ1v) is 7.35. The van der Waals surface area contributed by atoms with Gasteiger partial charge in [0.1, 0.15) is 0 Å². The lowest BCUT2D eigenvalue weighted by molar-refractivity contribution is -0.142. The van der Waals surface area contributed by atoms with Crippen LogP contribution in [0.5, 0.6) is 0 Å². The molecule has 6 nitrogen and oxygen atoms in total. The Morgan fingerprint density at radius 3 is 2.76 bits per heavy atom. The molecule has 2 aromatic heterocycles. The van der Waals surface area contributed by atoms with Crippen LogP contribution in [0, 0.1) is 0 Å². The third-order valence-corrected chi connectivity index (χ3v) is 3.58. The second-order valence-corrected chi connectivity index (χ2v) is 5.31. The van der Waals surface area contributed by atoms with Crippen molar-refractivity contribution in [2.24, 2.45) is 0 Å². The summed E-state index contributed by atoms with van der Waals surface area (Å²) in [5.41, 5.74) is -0.528. The molecule has 1 amide bonds. The SMILES string of the molecule is O=C(NCCn1nc(C(F)(F)F)ccc1=O)c1ccc2[nH]ccc2c1. The summed E-state index contributed by atoms with van der Waals surface area (Å²) in [6.45, 7) is -0.195. The van der Waals surface area contributed by atoms with E-state index >= 15 is 0 Å². The molecule has 0 atom stereocenters. The number of halogens is 3. The van der Waals surface area contributed by atoms with Crippen LogP contribution in [-0.2, 0) is 12.7 Å². The molecule has 0 spiro atoms. The molecular formula is C16H13F3N4O2. The summed E-state index contributed by atoms with van der Waals surface area (Å²) in [6.07, 6.45) is -2.89. The Balaban J connectivity index is 1.66. The molecule has 0 saturated heterocycles. The van der Waals surface area contributed by atoms with Gasteiger partial charge in [-0.3, -0.25) is 9.59 Å². The van der Waals surface area contributed by atoms with Crippen LogP contribution in [0.2, 0.25) is 0 Å². The van der Waals surface area contributed by atoms with E-state index in [4.69, 9.17) is 0 Å². The van der Waals surface area contributed by atoms with Crippen molar-refractivity contribution >= 4 is 16.8 Å². The van der Waals surface area contributed by atoms with Gasteiger partial charge in [0.05, 0.1) is 6.54 Å². The second kappa shape index (κ2) is 6.42. The zero-order valence-electron chi connectivity index (χ0n) is 12.8. The molecule has 0 unspecified atom stereocenters. The van der Waals surface area contributed by atoms with Crippen LogP contribution < -0.4 is 10.9 Å². The minimum atomic E-state index is -4.63. The number of carbonyl (C=O) groups is 1. The topological polar surface area (TPSA) is 79.8 Å². The first kappa shape index (κ1) is 16.7. The van der Waals surface area contributed by atoms with E-state index in [0.717, 1.165) is 17.0 Å². The zero-order valence-corrected chi connectivity index (χ0v) is 12.8. The largest absolute Gasteiger partial charge is 0.435 e. The van der Waals surface area contributed by atoms with Gasteiger partial charge in [-0.05, 0) is 30.3 Å². The first-order chi connectivity index (χ1) is 11.8. The van der Waals surface area contributed by atoms with E-state index in [9.17, 15) is 22.8 Å². The highest BCUT2D eigenvalue weighted by Crippen LogP contribution is 2.26. The summed E-state index contributed by atoms with van der Waals surface area (Å²) in [6, 6.07) is 8.32. The number of aromatic amines is 1. The molecule has 0 aliphatic heterocycles. The Kier molecular flexibility index (Phi) is 4.30. The van der Waals surface area contributed by atoms with Crippen LogP contribution in [0.15, 0.2) is 47.4 Å². The number of alkyl halides is 3. The predicted molar refractivity (Wildman–Crippen MR) is 84.1 cm³/mol. The highest BCUT2D eigenvalue weighted by molar-refractivity contribution is 5.98. The molecule has 2 heterocycles. The molecule has 25 heavy (non-hydrogen) atoms. The maximum Gasteiger partial charge on any atom is 0.435 e. The molecule has 0 aliphatic carbocycles. The summed E-state index contributed by atoms with van der Waals surface area (Å²) < 4.78 is 38.5. The van der Waals surface area contributed by atoms with Crippen LogP contribution in [0.1, 0.15) is 16.1 Å². The molecule has 0 saturated carbocycles. The molecule has 9 heteroatoms. The maximum atomic E-state index is 12.6. The van der Waals surface area contributed by atoms with Gasteiger partial charge < -0.3 is 10.3 Å². The maximum absolute atomic E-state index is 12.6. The van der Waals surface area contributed by atoms with Gasteiger partial charge in [0.2, 0.25) is 0 Å². The van der Waals surface area contributed by atoms with Gasteiger partial charge in [0.15, 0.2) is 5.69 Å². The number of aromatic nitrogens is 3. The molecule has 2 N–H and O–H groups in total. The molecule has 1 aromatic carbocycles. The lowest BCUT2D eigenvalue weighted by atomic mass is 10.1. The van der Waals surface area contributed by atoms with Crippen molar-refractivity contribution in [3.63, 3.8) is 0 Å². The number of hydrogen-bond acceptors (Lipinski definition) is 3. The highest BCUT2D eigenvalue weighted by atomic mass is 19.4. The van der Waals surface area contributed by atoms with Crippen molar-refractivity contribution in [1.82, 2.24) is 20.1 Å². The molecule has 0 radical (unpaired) electrons. The summed E-state index contributed by atoms with van der Waals surface area (Å²) in [5, 5.41) is 6.69. The Labute approximate surface area is 139 Å². The van der Waals surface area contributed by atoms with Gasteiger partial charge in [-0.2, -0.15) is 18.3 Å². The Morgan fingerprint density at radius 2 is 2.00 bits per heavy atom. The highest BCUT2D eigenvalue weighted by Gasteiger charge is 2.33. The van der Waals surface area contributed by atoms with Crippen molar-refractivity contribution in [3.05, 3.63) is 64.2 Å².